The van der Waals surface area contributed by atoms with Crippen LogP contribution in [0.1, 0.15) is 32.8 Å². The molecule has 0 fully saturated rings. The van der Waals surface area contributed by atoms with Gasteiger partial charge in [0.2, 0.25) is 0 Å². The summed E-state index contributed by atoms with van der Waals surface area (Å²) in [5.41, 5.74) is 0.383. The minimum absolute atomic E-state index is 0.0153. The number of para-hydroxylation sites is 1. The molecule has 184 valence electrons. The lowest BCUT2D eigenvalue weighted by molar-refractivity contribution is -0.384. The molecule has 0 aliphatic heterocycles. The molecule has 11 nitrogen and oxygen atoms in total. The van der Waals surface area contributed by atoms with Crippen molar-refractivity contribution in [2.45, 2.75) is 39.7 Å². The van der Waals surface area contributed by atoms with Crippen LogP contribution in [0.3, 0.4) is 0 Å². The van der Waals surface area contributed by atoms with Crippen molar-refractivity contribution in [1.82, 2.24) is 5.09 Å². The Labute approximate surface area is 197 Å². The van der Waals surface area contributed by atoms with E-state index in [1.54, 1.807) is 38.1 Å². The van der Waals surface area contributed by atoms with Gasteiger partial charge < -0.3 is 18.5 Å². The van der Waals surface area contributed by atoms with Crippen LogP contribution in [0.25, 0.3) is 0 Å². The van der Waals surface area contributed by atoms with Gasteiger partial charge in [0.05, 0.1) is 18.1 Å². The molecule has 0 aromatic heterocycles. The molecule has 1 unspecified atom stereocenters. The second-order valence-corrected chi connectivity index (χ2v) is 8.56. The van der Waals surface area contributed by atoms with Crippen molar-refractivity contribution in [3.05, 3.63) is 64.2 Å². The summed E-state index contributed by atoms with van der Waals surface area (Å²) >= 11 is 0. The number of carbonyl (C=O) groups is 2. The summed E-state index contributed by atoms with van der Waals surface area (Å²) in [6.45, 7) is 5.14. The number of benzene rings is 2. The lowest BCUT2D eigenvalue weighted by Gasteiger charge is -2.24. The van der Waals surface area contributed by atoms with Crippen LogP contribution in [0.4, 0.5) is 5.69 Å². The molecule has 0 saturated carbocycles. The smallest absolute Gasteiger partial charge is 0.466 e. The van der Waals surface area contributed by atoms with Crippen molar-refractivity contribution < 1.29 is 37.6 Å². The third-order valence-corrected chi connectivity index (χ3v) is 5.95. The van der Waals surface area contributed by atoms with Crippen molar-refractivity contribution in [3.8, 4) is 11.5 Å². The van der Waals surface area contributed by atoms with Crippen molar-refractivity contribution in [2.24, 2.45) is 0 Å². The first-order valence-corrected chi connectivity index (χ1v) is 12.1. The first-order chi connectivity index (χ1) is 16.2. The van der Waals surface area contributed by atoms with Gasteiger partial charge in [-0.1, -0.05) is 18.2 Å². The van der Waals surface area contributed by atoms with Crippen LogP contribution in [-0.2, 0) is 30.0 Å². The van der Waals surface area contributed by atoms with Gasteiger partial charge in [0.25, 0.3) is 5.69 Å². The largest absolute Gasteiger partial charge is 0.513 e. The number of nitro benzene ring substituents is 1. The van der Waals surface area contributed by atoms with Crippen LogP contribution in [0.15, 0.2) is 48.5 Å². The van der Waals surface area contributed by atoms with Gasteiger partial charge in [0.15, 0.2) is 0 Å². The number of hydrogen-bond acceptors (Lipinski definition) is 9. The summed E-state index contributed by atoms with van der Waals surface area (Å²) in [5.74, 6) is -0.881. The molecule has 2 atom stereocenters. The Bertz CT molecular complexity index is 1040. The number of nitro groups is 1. The number of nitrogens with zero attached hydrogens (tertiary/aromatic N) is 1. The molecule has 0 saturated heterocycles. The van der Waals surface area contributed by atoms with E-state index < -0.39 is 30.7 Å². The highest BCUT2D eigenvalue weighted by Gasteiger charge is 2.34. The van der Waals surface area contributed by atoms with Crippen LogP contribution >= 0.6 is 7.75 Å². The van der Waals surface area contributed by atoms with E-state index >= 15 is 0 Å². The highest BCUT2D eigenvalue weighted by Crippen LogP contribution is 2.46. The molecule has 34 heavy (non-hydrogen) atoms. The first-order valence-electron chi connectivity index (χ1n) is 10.6. The van der Waals surface area contributed by atoms with Crippen LogP contribution in [0.2, 0.25) is 0 Å². The van der Waals surface area contributed by atoms with E-state index in [0.717, 1.165) is 0 Å². The number of esters is 2. The van der Waals surface area contributed by atoms with E-state index in [2.05, 4.69) is 5.09 Å². The summed E-state index contributed by atoms with van der Waals surface area (Å²) in [5, 5.41) is 13.4. The number of non-ortho nitro benzene ring substituents is 1. The fraction of sp³-hybridized carbons (Fsp3) is 0.364. The van der Waals surface area contributed by atoms with E-state index in [1.807, 2.05) is 0 Å². The molecule has 0 heterocycles. The Hall–Kier alpha value is -3.43. The summed E-state index contributed by atoms with van der Waals surface area (Å²) in [6.07, 6.45) is 0.328. The lowest BCUT2D eigenvalue weighted by Crippen LogP contribution is -2.35. The Morgan fingerprint density at radius 1 is 1.03 bits per heavy atom. The maximum Gasteiger partial charge on any atom is 0.513 e. The minimum Gasteiger partial charge on any atom is -0.466 e. The number of hydrogen-bond donors (Lipinski definition) is 1. The SMILES string of the molecule is CCOC(=O)CCc1ccccc1OP(=O)(N[C@@H](C)C(=O)OCC)Oc1ccc([N+](=O)[O-])cc1. The Morgan fingerprint density at radius 3 is 2.29 bits per heavy atom. The molecule has 0 bridgehead atoms. The van der Waals surface area contributed by atoms with Gasteiger partial charge in [0.1, 0.15) is 17.5 Å². The average Bonchev–Trinajstić information content (AvgIpc) is 2.79. The van der Waals surface area contributed by atoms with Crippen molar-refractivity contribution in [2.75, 3.05) is 13.2 Å². The minimum atomic E-state index is -4.26. The van der Waals surface area contributed by atoms with Gasteiger partial charge in [-0.15, -0.1) is 0 Å². The zero-order chi connectivity index (χ0) is 25.1. The monoisotopic (exact) mass is 494 g/mol. The number of carbonyl (C=O) groups excluding carboxylic acids is 2. The quantitative estimate of drug-likeness (QED) is 0.186. The maximum atomic E-state index is 13.7. The average molecular weight is 494 g/mol. The van der Waals surface area contributed by atoms with Crippen molar-refractivity contribution in [1.29, 1.82) is 0 Å². The highest BCUT2D eigenvalue weighted by atomic mass is 31.2. The first kappa shape index (κ1) is 26.8. The fourth-order valence-corrected chi connectivity index (χ4v) is 4.35. The van der Waals surface area contributed by atoms with Crippen molar-refractivity contribution >= 4 is 25.4 Å². The van der Waals surface area contributed by atoms with Gasteiger partial charge >= 0.3 is 19.7 Å². The highest BCUT2D eigenvalue weighted by molar-refractivity contribution is 7.52. The second-order valence-electron chi connectivity index (χ2n) is 6.95. The van der Waals surface area contributed by atoms with Crippen LogP contribution in [0.5, 0.6) is 11.5 Å². The molecule has 0 amide bonds. The zero-order valence-corrected chi connectivity index (χ0v) is 20.0. The van der Waals surface area contributed by atoms with Gasteiger partial charge in [-0.2, -0.15) is 5.09 Å². The number of ether oxygens (including phenoxy) is 2. The topological polar surface area (TPSA) is 143 Å². The van der Waals surface area contributed by atoms with Crippen LogP contribution < -0.4 is 14.1 Å². The summed E-state index contributed by atoms with van der Waals surface area (Å²) in [4.78, 5) is 34.2. The number of nitrogens with one attached hydrogen (secondary N) is 1. The van der Waals surface area contributed by atoms with E-state index in [4.69, 9.17) is 18.5 Å². The van der Waals surface area contributed by atoms with E-state index in [9.17, 15) is 24.3 Å². The Balaban J connectivity index is 2.31. The van der Waals surface area contributed by atoms with Gasteiger partial charge in [-0.25, -0.2) is 4.57 Å². The molecule has 2 rings (SSSR count). The molecule has 0 aliphatic rings. The molecular weight excluding hydrogens is 467 g/mol. The van der Waals surface area contributed by atoms with Gasteiger partial charge in [-0.3, -0.25) is 19.7 Å². The van der Waals surface area contributed by atoms with Crippen molar-refractivity contribution in [3.63, 3.8) is 0 Å². The van der Waals surface area contributed by atoms with Gasteiger partial charge in [0, 0.05) is 18.6 Å². The standard InChI is InChI=1S/C22H27N2O9P/c1-4-30-21(25)15-10-17-8-6-7-9-20(17)33-34(29,23-16(3)22(26)31-5-2)32-19-13-11-18(12-14-19)24(27)28/h6-9,11-14,16H,4-5,10,15H2,1-3H3,(H,23,29)/t16-,34?/m0/s1. The third-order valence-electron chi connectivity index (χ3n) is 4.36. The van der Waals surface area contributed by atoms with E-state index in [0.29, 0.717) is 5.56 Å². The molecule has 1 N–H and O–H groups in total. The zero-order valence-electron chi connectivity index (χ0n) is 19.1. The predicted octanol–water partition coefficient (Wildman–Crippen LogP) is 4.20. The van der Waals surface area contributed by atoms with E-state index in [1.165, 1.54) is 31.2 Å². The van der Waals surface area contributed by atoms with E-state index in [-0.39, 0.29) is 43.2 Å². The normalized spacial score (nSPS) is 13.3. The Kier molecular flexibility index (Phi) is 10.0. The molecule has 0 aliphatic carbocycles. The summed E-state index contributed by atoms with van der Waals surface area (Å²) < 4.78 is 34.9. The number of aryl methyl sites for hydroxylation is 1. The third kappa shape index (κ3) is 8.17. The van der Waals surface area contributed by atoms with Crippen LogP contribution in [-0.4, -0.2) is 36.1 Å². The van der Waals surface area contributed by atoms with Gasteiger partial charge in [-0.05, 0) is 51.0 Å². The molecule has 0 spiro atoms. The predicted molar refractivity (Wildman–Crippen MR) is 123 cm³/mol. The molecule has 0 radical (unpaired) electrons. The molecule has 2 aromatic carbocycles. The second kappa shape index (κ2) is 12.7. The fourth-order valence-electron chi connectivity index (χ4n) is 2.79. The Morgan fingerprint density at radius 2 is 1.68 bits per heavy atom. The summed E-state index contributed by atoms with van der Waals surface area (Å²) in [7, 11) is -4.26. The maximum absolute atomic E-state index is 13.7. The lowest BCUT2D eigenvalue weighted by atomic mass is 10.1. The number of rotatable bonds is 13. The molecule has 2 aromatic rings. The summed E-state index contributed by atoms with van der Waals surface area (Å²) in [6, 6.07) is 10.4. The molecular formula is C22H27N2O9P. The van der Waals surface area contributed by atoms with Crippen LogP contribution in [0, 0.1) is 10.1 Å². The molecule has 12 heteroatoms.